The highest BCUT2D eigenvalue weighted by atomic mass is 16.5. The van der Waals surface area contributed by atoms with Gasteiger partial charge in [-0.05, 0) is 51.1 Å². The lowest BCUT2D eigenvalue weighted by Gasteiger charge is -2.37. The molecule has 1 aromatic heterocycles. The SMILES string of the molecule is COc1ccc(C(c2ccccc2)(c2ccccc2)n2cnc(C[C@@H](NC(=O)OCC3c4ccccc4-c4ccccc43)C(=O)O)c2)cc1. The van der Waals surface area contributed by atoms with Gasteiger partial charge in [0.1, 0.15) is 23.9 Å². The van der Waals surface area contributed by atoms with Crippen LogP contribution in [0.5, 0.6) is 5.75 Å². The highest BCUT2D eigenvalue weighted by molar-refractivity contribution is 5.81. The molecule has 1 atom stereocenters. The maximum atomic E-state index is 13.1. The van der Waals surface area contributed by atoms with Crippen LogP contribution in [0.1, 0.15) is 39.4 Å². The molecule has 1 heterocycles. The summed E-state index contributed by atoms with van der Waals surface area (Å²) in [7, 11) is 1.63. The fourth-order valence-corrected chi connectivity index (χ4v) is 6.98. The van der Waals surface area contributed by atoms with Crippen molar-refractivity contribution < 1.29 is 24.2 Å². The van der Waals surface area contributed by atoms with Gasteiger partial charge in [0.05, 0.1) is 19.1 Å². The van der Waals surface area contributed by atoms with E-state index in [1.54, 1.807) is 13.4 Å². The van der Waals surface area contributed by atoms with Crippen LogP contribution in [0, 0.1) is 0 Å². The Balaban J connectivity index is 1.15. The van der Waals surface area contributed by atoms with Crippen molar-refractivity contribution in [3.05, 3.63) is 179 Å². The van der Waals surface area contributed by atoms with Crippen LogP contribution in [-0.4, -0.2) is 46.5 Å². The largest absolute Gasteiger partial charge is 0.497 e. The summed E-state index contributed by atoms with van der Waals surface area (Å²) in [5.74, 6) is -0.594. The van der Waals surface area contributed by atoms with Crippen LogP contribution in [0.2, 0.25) is 0 Å². The van der Waals surface area contributed by atoms with Crippen LogP contribution in [0.3, 0.4) is 0 Å². The molecule has 0 fully saturated rings. The van der Waals surface area contributed by atoms with E-state index in [2.05, 4.69) is 46.7 Å². The molecule has 8 nitrogen and oxygen atoms in total. The third-order valence-electron chi connectivity index (χ3n) is 9.26. The van der Waals surface area contributed by atoms with E-state index in [-0.39, 0.29) is 18.9 Å². The minimum atomic E-state index is -1.26. The van der Waals surface area contributed by atoms with Gasteiger partial charge in [0.2, 0.25) is 0 Å². The van der Waals surface area contributed by atoms with E-state index in [1.807, 2.05) is 108 Å². The van der Waals surface area contributed by atoms with Crippen molar-refractivity contribution in [3.8, 4) is 16.9 Å². The van der Waals surface area contributed by atoms with Crippen molar-refractivity contribution >= 4 is 12.1 Å². The quantitative estimate of drug-likeness (QED) is 0.143. The summed E-state index contributed by atoms with van der Waals surface area (Å²) in [6.45, 7) is 0.0827. The molecule has 6 aromatic rings. The molecule has 0 aliphatic heterocycles. The van der Waals surface area contributed by atoms with Gasteiger partial charge in [-0.3, -0.25) is 0 Å². The van der Waals surface area contributed by atoms with Crippen LogP contribution in [-0.2, 0) is 21.5 Å². The minimum Gasteiger partial charge on any atom is -0.497 e. The van der Waals surface area contributed by atoms with E-state index in [9.17, 15) is 14.7 Å². The van der Waals surface area contributed by atoms with Crippen LogP contribution >= 0.6 is 0 Å². The summed E-state index contributed by atoms with van der Waals surface area (Å²) in [5.41, 5.74) is 6.97. The van der Waals surface area contributed by atoms with Gasteiger partial charge in [-0.1, -0.05) is 121 Å². The topological polar surface area (TPSA) is 103 Å². The van der Waals surface area contributed by atoms with E-state index in [4.69, 9.17) is 9.47 Å². The van der Waals surface area contributed by atoms with E-state index >= 15 is 0 Å². The Hall–Kier alpha value is -6.15. The normalized spacial score (nSPS) is 12.8. The predicted molar refractivity (Wildman–Crippen MR) is 187 cm³/mol. The van der Waals surface area contributed by atoms with Gasteiger partial charge in [0, 0.05) is 18.5 Å². The molecule has 2 N–H and O–H groups in total. The summed E-state index contributed by atoms with van der Waals surface area (Å²) < 4.78 is 13.1. The Morgan fingerprint density at radius 3 is 1.86 bits per heavy atom. The second-order valence-electron chi connectivity index (χ2n) is 12.0. The number of imidazole rings is 1. The van der Waals surface area contributed by atoms with E-state index in [1.165, 1.54) is 0 Å². The lowest BCUT2D eigenvalue weighted by Crippen LogP contribution is -2.43. The first kappa shape index (κ1) is 31.4. The van der Waals surface area contributed by atoms with Gasteiger partial charge in [-0.15, -0.1) is 0 Å². The van der Waals surface area contributed by atoms with E-state index in [0.717, 1.165) is 44.7 Å². The van der Waals surface area contributed by atoms with E-state index in [0.29, 0.717) is 5.69 Å². The fourth-order valence-electron chi connectivity index (χ4n) is 6.98. The number of methoxy groups -OCH3 is 1. The smallest absolute Gasteiger partial charge is 0.407 e. The van der Waals surface area contributed by atoms with Crippen molar-refractivity contribution in [1.29, 1.82) is 0 Å². The number of carbonyl (C=O) groups excluding carboxylic acids is 1. The van der Waals surface area contributed by atoms with Crippen molar-refractivity contribution in [2.45, 2.75) is 23.9 Å². The van der Waals surface area contributed by atoms with Gasteiger partial charge >= 0.3 is 12.1 Å². The van der Waals surface area contributed by atoms with Gasteiger partial charge in [0.25, 0.3) is 0 Å². The number of amides is 1. The number of nitrogens with zero attached hydrogens (tertiary/aromatic N) is 2. The molecule has 0 saturated carbocycles. The summed E-state index contributed by atoms with van der Waals surface area (Å²) in [4.78, 5) is 30.2. The first-order valence-corrected chi connectivity index (χ1v) is 16.1. The predicted octanol–water partition coefficient (Wildman–Crippen LogP) is 7.27. The highest BCUT2D eigenvalue weighted by Crippen LogP contribution is 2.45. The summed E-state index contributed by atoms with van der Waals surface area (Å²) in [6.07, 6.45) is 2.72. The lowest BCUT2D eigenvalue weighted by atomic mass is 9.76. The van der Waals surface area contributed by atoms with Crippen molar-refractivity contribution in [1.82, 2.24) is 14.9 Å². The van der Waals surface area contributed by atoms with Crippen LogP contribution in [0.25, 0.3) is 11.1 Å². The number of carboxylic acids is 1. The molecule has 0 spiro atoms. The third-order valence-corrected chi connectivity index (χ3v) is 9.26. The molecular formula is C41H35N3O5. The average Bonchev–Trinajstić information content (AvgIpc) is 3.74. The number of aliphatic carboxylic acids is 1. The molecule has 1 aliphatic rings. The van der Waals surface area contributed by atoms with Crippen molar-refractivity contribution in [2.75, 3.05) is 13.7 Å². The zero-order valence-electron chi connectivity index (χ0n) is 26.9. The molecular weight excluding hydrogens is 614 g/mol. The van der Waals surface area contributed by atoms with Crippen LogP contribution in [0.4, 0.5) is 4.79 Å². The third kappa shape index (κ3) is 5.93. The van der Waals surface area contributed by atoms with Gasteiger partial charge in [-0.25, -0.2) is 14.6 Å². The molecule has 0 unspecified atom stereocenters. The maximum Gasteiger partial charge on any atom is 0.407 e. The number of carboxylic acid groups (broad SMARTS) is 1. The zero-order valence-corrected chi connectivity index (χ0v) is 26.9. The Morgan fingerprint density at radius 1 is 0.776 bits per heavy atom. The summed E-state index contributed by atoms with van der Waals surface area (Å²) >= 11 is 0. The molecule has 0 saturated heterocycles. The second kappa shape index (κ2) is 13.5. The van der Waals surface area contributed by atoms with Crippen molar-refractivity contribution in [3.63, 3.8) is 0 Å². The number of benzene rings is 5. The number of carbonyl (C=O) groups is 2. The first-order chi connectivity index (χ1) is 24.0. The van der Waals surface area contributed by atoms with Crippen LogP contribution < -0.4 is 10.1 Å². The number of hydrogen-bond acceptors (Lipinski definition) is 5. The summed E-state index contributed by atoms with van der Waals surface area (Å²) in [6, 6.07) is 42.9. The zero-order chi connectivity index (χ0) is 33.8. The monoisotopic (exact) mass is 649 g/mol. The maximum absolute atomic E-state index is 13.1. The number of alkyl carbamates (subject to hydrolysis) is 1. The fraction of sp³-hybridized carbons (Fsp3) is 0.146. The molecule has 244 valence electrons. The van der Waals surface area contributed by atoms with Crippen LogP contribution in [0.15, 0.2) is 146 Å². The van der Waals surface area contributed by atoms with Gasteiger partial charge in [-0.2, -0.15) is 0 Å². The Labute approximate surface area is 284 Å². The summed E-state index contributed by atoms with van der Waals surface area (Å²) in [5, 5.41) is 12.7. The van der Waals surface area contributed by atoms with Crippen molar-refractivity contribution in [2.24, 2.45) is 0 Å². The molecule has 5 aromatic carbocycles. The minimum absolute atomic E-state index is 0.0468. The van der Waals surface area contributed by atoms with Gasteiger partial charge < -0.3 is 24.5 Å². The van der Waals surface area contributed by atoms with Gasteiger partial charge in [0.15, 0.2) is 0 Å². The molecule has 1 aliphatic carbocycles. The molecule has 1 amide bonds. The standard InChI is InChI=1S/C41H35N3O5/c1-48-32-22-20-30(21-23-32)41(28-12-4-2-5-13-28,29-14-6-3-7-15-29)44-25-31(42-27-44)24-38(39(45)46)43-40(47)49-26-37-35-18-10-8-16-33(35)34-17-9-11-19-36(34)37/h2-23,25,27,37-38H,24,26H2,1H3,(H,43,47)(H,45,46)/t38-/m1/s1. The first-order valence-electron chi connectivity index (χ1n) is 16.1. The Kier molecular flexibility index (Phi) is 8.68. The number of aromatic nitrogens is 2. The number of rotatable bonds is 11. The molecule has 49 heavy (non-hydrogen) atoms. The molecule has 0 radical (unpaired) electrons. The molecule has 7 rings (SSSR count). The molecule has 8 heteroatoms. The highest BCUT2D eigenvalue weighted by Gasteiger charge is 2.39. The number of nitrogens with one attached hydrogen (secondary N) is 1. The lowest BCUT2D eigenvalue weighted by molar-refractivity contribution is -0.139. The molecule has 0 bridgehead atoms. The van der Waals surface area contributed by atoms with E-state index < -0.39 is 23.6 Å². The average molecular weight is 650 g/mol. The number of fused-ring (bicyclic) bond motifs is 3. The Bertz CT molecular complexity index is 1990. The second-order valence-corrected chi connectivity index (χ2v) is 12.0. The Morgan fingerprint density at radius 2 is 1.31 bits per heavy atom. The number of ether oxygens (including phenoxy) is 2. The number of hydrogen-bond donors (Lipinski definition) is 2.